The predicted octanol–water partition coefficient (Wildman–Crippen LogP) is -1.34. The number of rotatable bonds is 3. The van der Waals surface area contributed by atoms with E-state index < -0.39 is 27.2 Å². The van der Waals surface area contributed by atoms with Crippen LogP contribution in [0.15, 0.2) is 0 Å². The van der Waals surface area contributed by atoms with Crippen LogP contribution in [0.4, 0.5) is 0 Å². The molecule has 72 valence electrons. The minimum Gasteiger partial charge on any atom is -0.395 e. The third-order valence-electron chi connectivity index (χ3n) is 0.940. The summed E-state index contributed by atoms with van der Waals surface area (Å²) in [6.07, 6.45) is 0. The number of aliphatic hydroxyl groups excluding tert-OH is 1. The van der Waals surface area contributed by atoms with Gasteiger partial charge in [0.25, 0.3) is 0 Å². The summed E-state index contributed by atoms with van der Waals surface area (Å²) in [5, 5.41) is 5.92. The molecule has 7 nitrogen and oxygen atoms in total. The maximum Gasteiger partial charge on any atom is 0.343 e. The summed E-state index contributed by atoms with van der Waals surface area (Å²) in [5.74, 6) is 0. The largest absolute Gasteiger partial charge is 0.395 e. The van der Waals surface area contributed by atoms with Crippen molar-refractivity contribution in [3.63, 3.8) is 0 Å². The molecular weight excluding hydrogens is 376 g/mol. The Balaban J connectivity index is 0. The zero-order chi connectivity index (χ0) is 9.28. The first-order valence-corrected chi connectivity index (χ1v) is 5.77. The molecular formula is C2H8HfO7P2. The molecule has 0 saturated heterocycles. The summed E-state index contributed by atoms with van der Waals surface area (Å²) in [6.45, 7) is -1.24. The Morgan fingerprint density at radius 2 is 1.25 bits per heavy atom. The molecule has 0 aliphatic rings. The molecule has 0 bridgehead atoms. The molecule has 0 aliphatic heterocycles. The first-order chi connectivity index (χ1) is 4.69. The Morgan fingerprint density at radius 1 is 1.00 bits per heavy atom. The zero-order valence-corrected chi connectivity index (χ0v) is 11.1. The Hall–Kier alpha value is 1.13. The van der Waals surface area contributed by atoms with E-state index in [0.29, 0.717) is 0 Å². The van der Waals surface area contributed by atoms with Crippen molar-refractivity contribution in [3.05, 3.63) is 0 Å². The topological polar surface area (TPSA) is 135 Å². The van der Waals surface area contributed by atoms with Crippen molar-refractivity contribution in [2.24, 2.45) is 0 Å². The van der Waals surface area contributed by atoms with E-state index in [1.165, 1.54) is 0 Å². The molecule has 0 unspecified atom stereocenters. The van der Waals surface area contributed by atoms with Gasteiger partial charge < -0.3 is 24.7 Å². The predicted molar refractivity (Wildman–Crippen MR) is 35.0 cm³/mol. The molecule has 0 atom stereocenters. The van der Waals surface area contributed by atoms with Crippen LogP contribution >= 0.6 is 15.2 Å². The van der Waals surface area contributed by atoms with E-state index in [0.717, 1.165) is 0 Å². The summed E-state index contributed by atoms with van der Waals surface area (Å²) in [4.78, 5) is 33.1. The van der Waals surface area contributed by atoms with E-state index in [2.05, 4.69) is 0 Å². The van der Waals surface area contributed by atoms with Gasteiger partial charge >= 0.3 is 15.2 Å². The van der Waals surface area contributed by atoms with Crippen LogP contribution in [0.25, 0.3) is 0 Å². The van der Waals surface area contributed by atoms with Crippen LogP contribution in [-0.2, 0) is 35.0 Å². The Bertz CT molecular complexity index is 193. The fraction of sp³-hybridized carbons (Fsp3) is 1.00. The number of hydrogen-bond donors (Lipinski definition) is 5. The zero-order valence-electron chi connectivity index (χ0n) is 5.73. The van der Waals surface area contributed by atoms with Crippen molar-refractivity contribution in [2.45, 2.75) is 5.40 Å². The molecule has 0 aromatic carbocycles. The van der Waals surface area contributed by atoms with Crippen molar-refractivity contribution in [3.8, 4) is 0 Å². The van der Waals surface area contributed by atoms with Crippen molar-refractivity contribution in [1.29, 1.82) is 0 Å². The van der Waals surface area contributed by atoms with E-state index in [1.807, 2.05) is 0 Å². The van der Waals surface area contributed by atoms with Gasteiger partial charge in [-0.15, -0.1) is 0 Å². The standard InChI is InChI=1S/C2H8O7P2.Hf/c3-1-2(10(4,5)6)11(7,8)9;/h2-3H,1H2,(H2,4,5,6)(H2,7,8,9);. The monoisotopic (exact) mass is 386 g/mol. The quantitative estimate of drug-likeness (QED) is 0.300. The molecule has 0 aliphatic carbocycles. The van der Waals surface area contributed by atoms with Gasteiger partial charge in [0.05, 0.1) is 6.61 Å². The van der Waals surface area contributed by atoms with Crippen molar-refractivity contribution in [2.75, 3.05) is 6.61 Å². The van der Waals surface area contributed by atoms with Crippen LogP contribution in [0.2, 0.25) is 0 Å². The minimum atomic E-state index is -4.91. The van der Waals surface area contributed by atoms with Crippen LogP contribution < -0.4 is 0 Å². The third kappa shape index (κ3) is 4.99. The van der Waals surface area contributed by atoms with Crippen molar-refractivity contribution in [1.82, 2.24) is 0 Å². The maximum atomic E-state index is 10.3. The second kappa shape index (κ2) is 5.12. The fourth-order valence-electron chi connectivity index (χ4n) is 0.409. The number of aliphatic hydroxyl groups is 1. The van der Waals surface area contributed by atoms with Gasteiger partial charge in [-0.2, -0.15) is 0 Å². The molecule has 0 heterocycles. The molecule has 12 heavy (non-hydrogen) atoms. The summed E-state index contributed by atoms with van der Waals surface area (Å²) >= 11 is 0. The molecule has 0 spiro atoms. The van der Waals surface area contributed by atoms with E-state index in [1.54, 1.807) is 0 Å². The summed E-state index contributed by atoms with van der Waals surface area (Å²) in [5.41, 5.74) is 0. The second-order valence-corrected chi connectivity index (χ2v) is 5.85. The van der Waals surface area contributed by atoms with E-state index >= 15 is 0 Å². The van der Waals surface area contributed by atoms with Crippen LogP contribution in [0.1, 0.15) is 0 Å². The normalized spacial score (nSPS) is 12.8. The molecule has 10 heteroatoms. The van der Waals surface area contributed by atoms with Gasteiger partial charge in [0.2, 0.25) is 0 Å². The van der Waals surface area contributed by atoms with Gasteiger partial charge in [0, 0.05) is 25.8 Å². The first kappa shape index (κ1) is 15.6. The molecule has 0 rings (SSSR count). The van der Waals surface area contributed by atoms with Gasteiger partial charge in [-0.25, -0.2) is 0 Å². The summed E-state index contributed by atoms with van der Waals surface area (Å²) in [7, 11) is -9.82. The molecule has 0 aromatic heterocycles. The molecule has 0 amide bonds. The molecule has 0 saturated carbocycles. The Kier molecular flexibility index (Phi) is 6.66. The van der Waals surface area contributed by atoms with Crippen molar-refractivity contribution >= 4 is 15.2 Å². The van der Waals surface area contributed by atoms with Gasteiger partial charge in [0.1, 0.15) is 0 Å². The van der Waals surface area contributed by atoms with Gasteiger partial charge in [-0.05, 0) is 0 Å². The number of hydrogen-bond acceptors (Lipinski definition) is 3. The van der Waals surface area contributed by atoms with E-state index in [-0.39, 0.29) is 25.8 Å². The Morgan fingerprint density at radius 3 is 1.25 bits per heavy atom. The molecule has 0 radical (unpaired) electrons. The average molecular weight is 385 g/mol. The first-order valence-electron chi connectivity index (χ1n) is 2.41. The van der Waals surface area contributed by atoms with Crippen LogP contribution in [0.3, 0.4) is 0 Å². The van der Waals surface area contributed by atoms with Gasteiger partial charge in [-0.1, -0.05) is 0 Å². The maximum absolute atomic E-state index is 10.3. The molecule has 0 aromatic rings. The van der Waals surface area contributed by atoms with Crippen LogP contribution in [0.5, 0.6) is 0 Å². The Labute approximate surface area is 86.9 Å². The summed E-state index contributed by atoms with van der Waals surface area (Å²) in [6, 6.07) is 0. The van der Waals surface area contributed by atoms with Crippen molar-refractivity contribution < 1.29 is 59.7 Å². The van der Waals surface area contributed by atoms with Crippen LogP contribution in [-0.4, -0.2) is 36.7 Å². The van der Waals surface area contributed by atoms with Crippen LogP contribution in [0, 0.1) is 0 Å². The fourth-order valence-corrected chi connectivity index (χ4v) is 2.40. The summed E-state index contributed by atoms with van der Waals surface area (Å²) < 4.78 is 20.5. The van der Waals surface area contributed by atoms with E-state index in [9.17, 15) is 9.13 Å². The average Bonchev–Trinajstić information content (AvgIpc) is 1.56. The second-order valence-electron chi connectivity index (χ2n) is 1.84. The minimum absolute atomic E-state index is 0. The molecule has 5 N–H and O–H groups in total. The van der Waals surface area contributed by atoms with Gasteiger partial charge in [0.15, 0.2) is 5.40 Å². The van der Waals surface area contributed by atoms with Gasteiger partial charge in [-0.3, -0.25) is 9.13 Å². The SMILES string of the molecule is O=P(O)(O)C(CO)P(=O)(O)O.[Hf]. The third-order valence-corrected chi connectivity index (χ3v) is 4.62. The smallest absolute Gasteiger partial charge is 0.343 e. The van der Waals surface area contributed by atoms with E-state index in [4.69, 9.17) is 24.7 Å². The molecule has 0 fully saturated rings.